The summed E-state index contributed by atoms with van der Waals surface area (Å²) in [7, 11) is 0. The fourth-order valence-electron chi connectivity index (χ4n) is 7.86. The molecule has 0 spiro atoms. The zero-order valence-electron chi connectivity index (χ0n) is 37.9. The maximum absolute atomic E-state index is 12.4. The first-order valence-electron chi connectivity index (χ1n) is 21.3. The van der Waals surface area contributed by atoms with Crippen LogP contribution < -0.4 is 0 Å². The zero-order valence-corrected chi connectivity index (χ0v) is 38.7. The van der Waals surface area contributed by atoms with Gasteiger partial charge in [-0.1, -0.05) is 193 Å². The van der Waals surface area contributed by atoms with Gasteiger partial charge in [-0.25, -0.2) is 8.78 Å². The molecule has 0 N–H and O–H groups in total. The van der Waals surface area contributed by atoms with Gasteiger partial charge in [0.1, 0.15) is 0 Å². The average Bonchev–Trinajstić information content (AvgIpc) is 3.74. The topological polar surface area (TPSA) is 0 Å². The molecule has 0 unspecified atom stereocenters. The lowest BCUT2D eigenvalue weighted by atomic mass is 9.80. The minimum absolute atomic E-state index is 0.0406. The molecule has 2 aliphatic carbocycles. The van der Waals surface area contributed by atoms with Gasteiger partial charge in [-0.2, -0.15) is 0 Å². The molecule has 0 nitrogen and oxygen atoms in total. The largest absolute Gasteiger partial charge is 0.204 e. The summed E-state index contributed by atoms with van der Waals surface area (Å²) in [5.74, 6) is -0.899. The average molecular weight is 831 g/mol. The molecule has 0 fully saturated rings. The van der Waals surface area contributed by atoms with Gasteiger partial charge >= 0.3 is 0 Å². The van der Waals surface area contributed by atoms with Crippen LogP contribution in [0.1, 0.15) is 102 Å². The standard InChI is InChI=1S/C21H22.C15H16S.C8H12.C7H6F2.C7H8/c1-7-15-14(4)12-19-20(16(15)8-2)17-10-9-13(3)11-18(17)21(19,5)6;1-10(2)11-7-5-9-14-15(11)12-6-3-4-8-13(12)16-14;1-4-7-8(5-2)6-3;1-5-3-2-4-6(8)7(5)9;1-7-5-3-2-4-6-7/h7-12H,1-2H2,3-6H3;3-4,6-8,10H,5,9H2,1-2H3;4-5,7H,1-2,6H2,3H3;2-4H,1H3;2-6H,1H3/b;;8-7+;;. The summed E-state index contributed by atoms with van der Waals surface area (Å²) in [6.07, 6.45) is 15.4. The van der Waals surface area contributed by atoms with E-state index >= 15 is 0 Å². The number of fused-ring (bicyclic) bond motifs is 6. The highest BCUT2D eigenvalue weighted by Gasteiger charge is 2.37. The number of thiophene rings is 1. The van der Waals surface area contributed by atoms with Gasteiger partial charge in [0.15, 0.2) is 11.6 Å². The van der Waals surface area contributed by atoms with Crippen LogP contribution in [0.15, 0.2) is 153 Å². The number of aryl methyl sites for hydroxylation is 5. The van der Waals surface area contributed by atoms with Gasteiger partial charge in [-0.05, 0) is 126 Å². The monoisotopic (exact) mass is 830 g/mol. The summed E-state index contributed by atoms with van der Waals surface area (Å²) in [6.45, 7) is 34.5. The van der Waals surface area contributed by atoms with Gasteiger partial charge in [-0.3, -0.25) is 0 Å². The molecule has 1 aromatic heterocycles. The molecule has 0 amide bonds. The van der Waals surface area contributed by atoms with Crippen molar-refractivity contribution in [1.29, 1.82) is 0 Å². The molecule has 6 aromatic rings. The smallest absolute Gasteiger partial charge is 0.161 e. The summed E-state index contributed by atoms with van der Waals surface area (Å²) in [4.78, 5) is 1.59. The third-order valence-corrected chi connectivity index (χ3v) is 12.4. The highest BCUT2D eigenvalue weighted by atomic mass is 32.1. The van der Waals surface area contributed by atoms with Crippen molar-refractivity contribution in [3.05, 3.63) is 220 Å². The Kier molecular flexibility index (Phi) is 17.5. The zero-order chi connectivity index (χ0) is 44.9. The summed E-state index contributed by atoms with van der Waals surface area (Å²) < 4.78 is 26.0. The van der Waals surface area contributed by atoms with E-state index in [2.05, 4.69) is 148 Å². The van der Waals surface area contributed by atoms with E-state index in [1.54, 1.807) is 22.1 Å². The third-order valence-electron chi connectivity index (χ3n) is 11.2. The first-order valence-corrected chi connectivity index (χ1v) is 22.1. The summed E-state index contributed by atoms with van der Waals surface area (Å²) >= 11 is 1.98. The van der Waals surface area contributed by atoms with Gasteiger partial charge in [0.05, 0.1) is 0 Å². The van der Waals surface area contributed by atoms with Crippen molar-refractivity contribution in [2.75, 3.05) is 0 Å². The van der Waals surface area contributed by atoms with Crippen LogP contribution in [-0.4, -0.2) is 0 Å². The number of benzene rings is 5. The molecule has 0 saturated heterocycles. The second-order valence-corrected chi connectivity index (χ2v) is 17.5. The second kappa shape index (κ2) is 22.3. The molecule has 0 bridgehead atoms. The molecule has 3 heteroatoms. The molecule has 316 valence electrons. The van der Waals surface area contributed by atoms with Crippen LogP contribution in [0.2, 0.25) is 0 Å². The van der Waals surface area contributed by atoms with E-state index in [1.807, 2.05) is 53.8 Å². The Balaban J connectivity index is 0.000000180. The third kappa shape index (κ3) is 11.6. The SMILES string of the molecule is C=C/C=C(\C=C)CC.C=Cc1c(C)cc2c(c1C=C)-c1ccc(C)cc1C2(C)C.CC(C)C1=CCCc2sc3ccccc3c21.Cc1cccc(F)c1F.Cc1ccccc1. The van der Waals surface area contributed by atoms with Gasteiger partial charge in [0.25, 0.3) is 0 Å². The van der Waals surface area contributed by atoms with E-state index < -0.39 is 11.6 Å². The molecule has 0 aliphatic heterocycles. The Bertz CT molecular complexity index is 2520. The minimum Gasteiger partial charge on any atom is -0.204 e. The van der Waals surface area contributed by atoms with Crippen LogP contribution in [0, 0.1) is 45.2 Å². The van der Waals surface area contributed by atoms with Gasteiger partial charge in [0, 0.05) is 20.4 Å². The van der Waals surface area contributed by atoms with Gasteiger partial charge < -0.3 is 0 Å². The first-order chi connectivity index (χ1) is 29.1. The number of halogens is 2. The maximum atomic E-state index is 12.4. The van der Waals surface area contributed by atoms with Crippen LogP contribution in [0.5, 0.6) is 0 Å². The van der Waals surface area contributed by atoms with Gasteiger partial charge in [0.2, 0.25) is 0 Å². The maximum Gasteiger partial charge on any atom is 0.161 e. The van der Waals surface area contributed by atoms with Crippen molar-refractivity contribution in [1.82, 2.24) is 0 Å². The van der Waals surface area contributed by atoms with Crippen molar-refractivity contribution in [2.45, 2.75) is 87.0 Å². The summed E-state index contributed by atoms with van der Waals surface area (Å²) in [5.41, 5.74) is 16.6. The highest BCUT2D eigenvalue weighted by Crippen LogP contribution is 2.52. The lowest BCUT2D eigenvalue weighted by Crippen LogP contribution is -2.15. The van der Waals surface area contributed by atoms with E-state index in [4.69, 9.17) is 0 Å². The molecule has 1 heterocycles. The van der Waals surface area contributed by atoms with Crippen molar-refractivity contribution in [3.8, 4) is 11.1 Å². The van der Waals surface area contributed by atoms with Crippen molar-refractivity contribution in [3.63, 3.8) is 0 Å². The van der Waals surface area contributed by atoms with E-state index in [-0.39, 0.29) is 5.41 Å². The highest BCUT2D eigenvalue weighted by molar-refractivity contribution is 7.19. The van der Waals surface area contributed by atoms with Crippen molar-refractivity contribution < 1.29 is 8.78 Å². The second-order valence-electron chi connectivity index (χ2n) is 16.3. The number of hydrogen-bond donors (Lipinski definition) is 0. The van der Waals surface area contributed by atoms with E-state index in [1.165, 1.54) is 97.6 Å². The molecular weight excluding hydrogens is 767 g/mol. The van der Waals surface area contributed by atoms with E-state index in [9.17, 15) is 8.78 Å². The number of hydrogen-bond acceptors (Lipinski definition) is 1. The van der Waals surface area contributed by atoms with Crippen LogP contribution in [0.3, 0.4) is 0 Å². The Hall–Kier alpha value is -5.64. The Morgan fingerprint density at radius 1 is 0.738 bits per heavy atom. The molecular formula is C58H64F2S. The molecule has 61 heavy (non-hydrogen) atoms. The summed E-state index contributed by atoms with van der Waals surface area (Å²) in [6, 6.07) is 32.3. The lowest BCUT2D eigenvalue weighted by molar-refractivity contribution is 0.503. The molecule has 5 aromatic carbocycles. The van der Waals surface area contributed by atoms with Crippen LogP contribution >= 0.6 is 11.3 Å². The normalized spacial score (nSPS) is 12.9. The number of rotatable bonds is 6. The van der Waals surface area contributed by atoms with Crippen LogP contribution in [0.4, 0.5) is 8.78 Å². The first kappa shape index (κ1) is 48.0. The van der Waals surface area contributed by atoms with E-state index in [0.717, 1.165) is 12.5 Å². The predicted molar refractivity (Wildman–Crippen MR) is 268 cm³/mol. The van der Waals surface area contributed by atoms with Crippen LogP contribution in [-0.2, 0) is 11.8 Å². The predicted octanol–water partition coefficient (Wildman–Crippen LogP) is 17.7. The van der Waals surface area contributed by atoms with Gasteiger partial charge in [-0.15, -0.1) is 11.3 Å². The van der Waals surface area contributed by atoms with Crippen LogP contribution in [0.25, 0.3) is 38.9 Å². The summed E-state index contributed by atoms with van der Waals surface area (Å²) in [5, 5.41) is 1.46. The van der Waals surface area contributed by atoms with E-state index in [0.29, 0.717) is 11.5 Å². The van der Waals surface area contributed by atoms with Crippen molar-refractivity contribution in [2.24, 2.45) is 5.92 Å². The minimum atomic E-state index is -0.782. The molecule has 0 radical (unpaired) electrons. The fourth-order valence-corrected chi connectivity index (χ4v) is 9.11. The molecule has 8 rings (SSSR count). The number of allylic oxidation sites excluding steroid dienone is 6. The van der Waals surface area contributed by atoms with Crippen molar-refractivity contribution >= 4 is 39.1 Å². The fraction of sp³-hybridized carbons (Fsp3) is 0.241. The Morgan fingerprint density at radius 2 is 1.41 bits per heavy atom. The molecule has 2 aliphatic rings. The molecule has 0 saturated carbocycles. The lowest BCUT2D eigenvalue weighted by Gasteiger charge is -2.23. The Morgan fingerprint density at radius 3 is 1.95 bits per heavy atom. The molecule has 0 atom stereocenters. The Labute approximate surface area is 370 Å². The quantitative estimate of drug-likeness (QED) is 0.147.